The average Bonchev–Trinajstić information content (AvgIpc) is 2.56. The Balaban J connectivity index is 1.83. The van der Waals surface area contributed by atoms with Gasteiger partial charge in [-0.05, 0) is 30.2 Å². The van der Waals surface area contributed by atoms with Gasteiger partial charge < -0.3 is 10.1 Å². The van der Waals surface area contributed by atoms with E-state index in [9.17, 15) is 9.59 Å². The molecule has 0 saturated heterocycles. The van der Waals surface area contributed by atoms with Crippen molar-refractivity contribution < 1.29 is 14.3 Å². The summed E-state index contributed by atoms with van der Waals surface area (Å²) in [5.74, 6) is -0.879. The minimum atomic E-state index is -0.882. The zero-order valence-corrected chi connectivity index (χ0v) is 14.6. The lowest BCUT2D eigenvalue weighted by Crippen LogP contribution is -2.35. The zero-order valence-electron chi connectivity index (χ0n) is 13.1. The Labute approximate surface area is 150 Å². The molecule has 0 bridgehead atoms. The van der Waals surface area contributed by atoms with E-state index in [1.54, 1.807) is 18.2 Å². The molecule has 0 aromatic heterocycles. The van der Waals surface area contributed by atoms with Gasteiger partial charge in [0.25, 0.3) is 5.91 Å². The molecule has 0 unspecified atom stereocenters. The van der Waals surface area contributed by atoms with E-state index in [4.69, 9.17) is 27.9 Å². The summed E-state index contributed by atoms with van der Waals surface area (Å²) < 4.78 is 5.15. The number of carbonyl (C=O) groups is 2. The number of nitrogens with one attached hydrogen (secondary N) is 1. The van der Waals surface area contributed by atoms with Gasteiger partial charge >= 0.3 is 5.97 Å². The Morgan fingerprint density at radius 2 is 1.83 bits per heavy atom. The predicted molar refractivity (Wildman–Crippen MR) is 94.0 cm³/mol. The number of benzene rings is 2. The molecule has 0 aliphatic carbocycles. The lowest BCUT2D eigenvalue weighted by atomic mass is 10.1. The summed E-state index contributed by atoms with van der Waals surface area (Å²) in [7, 11) is 0. The summed E-state index contributed by atoms with van der Waals surface area (Å²) in [6.07, 6.45) is -0.904. The second kappa shape index (κ2) is 8.71. The summed E-state index contributed by atoms with van der Waals surface area (Å²) in [5.41, 5.74) is 1.57. The minimum absolute atomic E-state index is 0.0215. The highest BCUT2D eigenvalue weighted by Gasteiger charge is 2.18. The third kappa shape index (κ3) is 5.55. The van der Waals surface area contributed by atoms with Crippen molar-refractivity contribution in [1.82, 2.24) is 5.32 Å². The summed E-state index contributed by atoms with van der Waals surface area (Å²) >= 11 is 11.8. The highest BCUT2D eigenvalue weighted by Crippen LogP contribution is 2.21. The van der Waals surface area contributed by atoms with Crippen LogP contribution in [0.1, 0.15) is 18.1 Å². The number of hydrogen-bond acceptors (Lipinski definition) is 3. The fourth-order valence-corrected chi connectivity index (χ4v) is 2.52. The second-order valence-electron chi connectivity index (χ2n) is 5.25. The van der Waals surface area contributed by atoms with E-state index >= 15 is 0 Å². The first-order valence-electron chi connectivity index (χ1n) is 7.40. The first-order chi connectivity index (χ1) is 11.5. The van der Waals surface area contributed by atoms with E-state index in [1.165, 1.54) is 6.92 Å². The van der Waals surface area contributed by atoms with Crippen LogP contribution in [0.2, 0.25) is 10.0 Å². The van der Waals surface area contributed by atoms with Crippen molar-refractivity contribution in [1.29, 1.82) is 0 Å². The SMILES string of the molecule is C[C@@H](OC(=O)Cc1ccc(Cl)cc1Cl)C(=O)NCc1ccccc1. The number of esters is 1. The molecule has 2 aromatic rings. The molecule has 0 saturated carbocycles. The molecular weight excluding hydrogens is 349 g/mol. The van der Waals surface area contributed by atoms with Gasteiger partial charge in [0.05, 0.1) is 6.42 Å². The Kier molecular flexibility index (Phi) is 6.64. The van der Waals surface area contributed by atoms with Gasteiger partial charge in [0.15, 0.2) is 6.10 Å². The molecule has 2 rings (SSSR count). The van der Waals surface area contributed by atoms with Crippen molar-refractivity contribution in [2.24, 2.45) is 0 Å². The molecule has 4 nitrogen and oxygen atoms in total. The zero-order chi connectivity index (χ0) is 17.5. The van der Waals surface area contributed by atoms with Crippen LogP contribution >= 0.6 is 23.2 Å². The first-order valence-corrected chi connectivity index (χ1v) is 8.16. The van der Waals surface area contributed by atoms with Crippen molar-refractivity contribution in [2.75, 3.05) is 0 Å². The van der Waals surface area contributed by atoms with Crippen LogP contribution in [-0.2, 0) is 27.3 Å². The average molecular weight is 366 g/mol. The summed E-state index contributed by atoms with van der Waals surface area (Å²) in [5, 5.41) is 3.61. The standard InChI is InChI=1S/C18H17Cl2NO3/c1-12(18(23)21-11-13-5-3-2-4-6-13)24-17(22)9-14-7-8-15(19)10-16(14)20/h2-8,10,12H,9,11H2,1H3,(H,21,23)/t12-/m1/s1. The largest absolute Gasteiger partial charge is 0.452 e. The van der Waals surface area contributed by atoms with Crippen LogP contribution in [0, 0.1) is 0 Å². The Bertz CT molecular complexity index is 719. The van der Waals surface area contributed by atoms with E-state index in [0.717, 1.165) is 5.56 Å². The van der Waals surface area contributed by atoms with E-state index in [1.807, 2.05) is 30.3 Å². The van der Waals surface area contributed by atoms with Gasteiger partial charge in [0.1, 0.15) is 0 Å². The monoisotopic (exact) mass is 365 g/mol. The van der Waals surface area contributed by atoms with Crippen molar-refractivity contribution in [3.63, 3.8) is 0 Å². The van der Waals surface area contributed by atoms with Gasteiger partial charge in [-0.2, -0.15) is 0 Å². The predicted octanol–water partition coefficient (Wildman–Crippen LogP) is 3.78. The highest BCUT2D eigenvalue weighted by atomic mass is 35.5. The summed E-state index contributed by atoms with van der Waals surface area (Å²) in [4.78, 5) is 23.9. The Hall–Kier alpha value is -2.04. The quantitative estimate of drug-likeness (QED) is 0.792. The number of halogens is 2. The van der Waals surface area contributed by atoms with Gasteiger partial charge in [-0.3, -0.25) is 9.59 Å². The van der Waals surface area contributed by atoms with E-state index in [2.05, 4.69) is 5.32 Å². The lowest BCUT2D eigenvalue weighted by Gasteiger charge is -2.14. The maximum atomic E-state index is 12.0. The first kappa shape index (κ1) is 18.3. The minimum Gasteiger partial charge on any atom is -0.452 e. The van der Waals surface area contributed by atoms with Crippen LogP contribution in [-0.4, -0.2) is 18.0 Å². The summed E-state index contributed by atoms with van der Waals surface area (Å²) in [6.45, 7) is 1.91. The molecule has 0 aliphatic rings. The van der Waals surface area contributed by atoms with Crippen molar-refractivity contribution in [3.05, 3.63) is 69.7 Å². The molecule has 1 N–H and O–H groups in total. The maximum Gasteiger partial charge on any atom is 0.311 e. The van der Waals surface area contributed by atoms with Crippen LogP contribution in [0.25, 0.3) is 0 Å². The van der Waals surface area contributed by atoms with Crippen LogP contribution in [0.4, 0.5) is 0 Å². The van der Waals surface area contributed by atoms with E-state index in [0.29, 0.717) is 22.2 Å². The molecule has 0 radical (unpaired) electrons. The Morgan fingerprint density at radius 1 is 1.12 bits per heavy atom. The smallest absolute Gasteiger partial charge is 0.311 e. The van der Waals surface area contributed by atoms with Gasteiger partial charge in [0, 0.05) is 16.6 Å². The van der Waals surface area contributed by atoms with Crippen molar-refractivity contribution >= 4 is 35.1 Å². The van der Waals surface area contributed by atoms with Gasteiger partial charge in [-0.25, -0.2) is 0 Å². The van der Waals surface area contributed by atoms with Crippen molar-refractivity contribution in [3.8, 4) is 0 Å². The third-order valence-corrected chi connectivity index (χ3v) is 3.92. The molecule has 126 valence electrons. The van der Waals surface area contributed by atoms with Crippen LogP contribution < -0.4 is 5.32 Å². The fourth-order valence-electron chi connectivity index (χ4n) is 2.04. The molecule has 1 amide bonds. The van der Waals surface area contributed by atoms with E-state index < -0.39 is 12.1 Å². The topological polar surface area (TPSA) is 55.4 Å². The molecule has 0 heterocycles. The number of rotatable bonds is 6. The molecular formula is C18H17Cl2NO3. The molecule has 0 spiro atoms. The molecule has 0 aliphatic heterocycles. The number of hydrogen-bond donors (Lipinski definition) is 1. The maximum absolute atomic E-state index is 12.0. The molecule has 6 heteroatoms. The molecule has 0 fully saturated rings. The molecule has 2 aromatic carbocycles. The van der Waals surface area contributed by atoms with Crippen LogP contribution in [0.15, 0.2) is 48.5 Å². The van der Waals surface area contributed by atoms with E-state index in [-0.39, 0.29) is 12.3 Å². The number of carbonyl (C=O) groups excluding carboxylic acids is 2. The van der Waals surface area contributed by atoms with Gasteiger partial charge in [0.2, 0.25) is 0 Å². The normalized spacial score (nSPS) is 11.6. The number of amides is 1. The van der Waals surface area contributed by atoms with Crippen LogP contribution in [0.3, 0.4) is 0 Å². The second-order valence-corrected chi connectivity index (χ2v) is 6.09. The lowest BCUT2D eigenvalue weighted by molar-refractivity contribution is -0.154. The van der Waals surface area contributed by atoms with Crippen LogP contribution in [0.5, 0.6) is 0 Å². The fraction of sp³-hybridized carbons (Fsp3) is 0.222. The van der Waals surface area contributed by atoms with Crippen molar-refractivity contribution in [2.45, 2.75) is 26.0 Å². The van der Waals surface area contributed by atoms with Gasteiger partial charge in [-0.15, -0.1) is 0 Å². The highest BCUT2D eigenvalue weighted by molar-refractivity contribution is 6.35. The Morgan fingerprint density at radius 3 is 2.50 bits per heavy atom. The van der Waals surface area contributed by atoms with Gasteiger partial charge in [-0.1, -0.05) is 59.6 Å². The third-order valence-electron chi connectivity index (χ3n) is 3.34. The number of ether oxygens (including phenoxy) is 1. The molecule has 1 atom stereocenters. The molecule has 24 heavy (non-hydrogen) atoms. The summed E-state index contributed by atoms with van der Waals surface area (Å²) in [6, 6.07) is 14.3.